The van der Waals surface area contributed by atoms with Crippen molar-refractivity contribution in [3.05, 3.63) is 12.2 Å². The number of aromatic nitrogens is 3. The fourth-order valence-electron chi connectivity index (χ4n) is 1.54. The van der Waals surface area contributed by atoms with Crippen LogP contribution in [0.15, 0.2) is 11.3 Å². The zero-order valence-corrected chi connectivity index (χ0v) is 8.01. The van der Waals surface area contributed by atoms with Crippen molar-refractivity contribution in [3.63, 3.8) is 0 Å². The van der Waals surface area contributed by atoms with Gasteiger partial charge in [0.2, 0.25) is 5.96 Å². The molecule has 1 aliphatic rings. The Morgan fingerprint density at radius 2 is 2.50 bits per heavy atom. The molecule has 3 N–H and O–H groups in total. The second-order valence-corrected chi connectivity index (χ2v) is 3.05. The normalized spacial score (nSPS) is 16.7. The third-order valence-corrected chi connectivity index (χ3v) is 2.28. The van der Waals surface area contributed by atoms with Crippen molar-refractivity contribution in [2.24, 2.45) is 10.8 Å². The minimum absolute atomic E-state index is 0.680. The van der Waals surface area contributed by atoms with Crippen molar-refractivity contribution in [3.8, 4) is 0 Å². The summed E-state index contributed by atoms with van der Waals surface area (Å²) in [7, 11) is 1.70. The number of nitrogens with zero attached hydrogens (tertiary/aromatic N) is 5. The van der Waals surface area contributed by atoms with Crippen molar-refractivity contribution in [1.82, 2.24) is 25.1 Å². The van der Waals surface area contributed by atoms with Gasteiger partial charge in [0.05, 0.1) is 6.54 Å². The van der Waals surface area contributed by atoms with Crippen LogP contribution in [-0.2, 0) is 13.1 Å². The highest BCUT2D eigenvalue weighted by Crippen LogP contribution is 2.08. The molecule has 7 nitrogen and oxygen atoms in total. The van der Waals surface area contributed by atoms with E-state index in [4.69, 9.17) is 5.84 Å². The minimum atomic E-state index is 0.680. The molecule has 0 bridgehead atoms. The monoisotopic (exact) mass is 195 g/mol. The van der Waals surface area contributed by atoms with Crippen LogP contribution in [0.5, 0.6) is 0 Å². The van der Waals surface area contributed by atoms with E-state index in [1.807, 2.05) is 9.47 Å². The predicted octanol–water partition coefficient (Wildman–Crippen LogP) is -1.46. The van der Waals surface area contributed by atoms with Crippen LogP contribution >= 0.6 is 0 Å². The number of nitrogens with two attached hydrogens (primary N) is 1. The molecule has 0 saturated carbocycles. The number of hydrogen-bond acceptors (Lipinski definition) is 4. The smallest absolute Gasteiger partial charge is 0.208 e. The molecular weight excluding hydrogens is 182 g/mol. The van der Waals surface area contributed by atoms with E-state index in [2.05, 4.69) is 20.6 Å². The van der Waals surface area contributed by atoms with Crippen LogP contribution in [0, 0.1) is 0 Å². The first-order valence-corrected chi connectivity index (χ1v) is 4.40. The van der Waals surface area contributed by atoms with E-state index in [1.165, 1.54) is 0 Å². The van der Waals surface area contributed by atoms with Gasteiger partial charge in [-0.15, -0.1) is 10.2 Å². The van der Waals surface area contributed by atoms with Gasteiger partial charge < -0.3 is 9.47 Å². The molecule has 2 rings (SSSR count). The molecule has 7 heteroatoms. The van der Waals surface area contributed by atoms with Gasteiger partial charge in [-0.3, -0.25) is 10.4 Å². The van der Waals surface area contributed by atoms with E-state index in [0.717, 1.165) is 18.9 Å². The first-order valence-electron chi connectivity index (χ1n) is 4.40. The Labute approximate surface area is 81.6 Å². The SMILES string of the molecule is CN=C(NN)N1CCn2cnnc2C1. The molecule has 0 aromatic carbocycles. The zero-order valence-electron chi connectivity index (χ0n) is 8.01. The fourth-order valence-corrected chi connectivity index (χ4v) is 1.54. The second kappa shape index (κ2) is 3.62. The van der Waals surface area contributed by atoms with Crippen LogP contribution in [0.1, 0.15) is 5.82 Å². The lowest BCUT2D eigenvalue weighted by Gasteiger charge is -2.28. The highest BCUT2D eigenvalue weighted by Gasteiger charge is 2.19. The average molecular weight is 195 g/mol. The van der Waals surface area contributed by atoms with Gasteiger partial charge in [0.1, 0.15) is 6.33 Å². The molecule has 0 aliphatic carbocycles. The molecule has 0 amide bonds. The van der Waals surface area contributed by atoms with Gasteiger partial charge in [0, 0.05) is 20.1 Å². The van der Waals surface area contributed by atoms with Crippen molar-refractivity contribution < 1.29 is 0 Å². The molecule has 76 valence electrons. The molecule has 0 fully saturated rings. The summed E-state index contributed by atoms with van der Waals surface area (Å²) in [6.45, 7) is 2.42. The average Bonchev–Trinajstić information content (AvgIpc) is 2.66. The Balaban J connectivity index is 2.14. The number of nitrogens with one attached hydrogen (secondary N) is 1. The summed E-state index contributed by atoms with van der Waals surface area (Å²) in [5.74, 6) is 6.96. The van der Waals surface area contributed by atoms with E-state index >= 15 is 0 Å². The van der Waals surface area contributed by atoms with E-state index in [1.54, 1.807) is 13.4 Å². The van der Waals surface area contributed by atoms with E-state index in [9.17, 15) is 0 Å². The Bertz CT molecular complexity index is 342. The highest BCUT2D eigenvalue weighted by molar-refractivity contribution is 5.79. The van der Waals surface area contributed by atoms with Crippen LogP contribution < -0.4 is 11.3 Å². The Morgan fingerprint density at radius 1 is 1.64 bits per heavy atom. The van der Waals surface area contributed by atoms with Crippen molar-refractivity contribution in [1.29, 1.82) is 0 Å². The third-order valence-electron chi connectivity index (χ3n) is 2.28. The van der Waals surface area contributed by atoms with Crippen molar-refractivity contribution in [2.45, 2.75) is 13.1 Å². The van der Waals surface area contributed by atoms with Gasteiger partial charge in [0.25, 0.3) is 0 Å². The first kappa shape index (κ1) is 8.95. The molecule has 2 heterocycles. The van der Waals surface area contributed by atoms with Gasteiger partial charge in [0.15, 0.2) is 5.82 Å². The largest absolute Gasteiger partial charge is 0.333 e. The van der Waals surface area contributed by atoms with E-state index in [-0.39, 0.29) is 0 Å². The molecule has 0 radical (unpaired) electrons. The predicted molar refractivity (Wildman–Crippen MR) is 51.1 cm³/mol. The second-order valence-electron chi connectivity index (χ2n) is 3.05. The number of guanidine groups is 1. The molecule has 0 atom stereocenters. The molecule has 0 saturated heterocycles. The Morgan fingerprint density at radius 3 is 3.21 bits per heavy atom. The molecular formula is C7H13N7. The van der Waals surface area contributed by atoms with Gasteiger partial charge in [-0.2, -0.15) is 0 Å². The van der Waals surface area contributed by atoms with Gasteiger partial charge in [-0.05, 0) is 0 Å². The van der Waals surface area contributed by atoms with Crippen LogP contribution in [0.3, 0.4) is 0 Å². The number of hydrazine groups is 1. The van der Waals surface area contributed by atoms with E-state index < -0.39 is 0 Å². The maximum Gasteiger partial charge on any atom is 0.208 e. The van der Waals surface area contributed by atoms with Crippen LogP contribution in [0.4, 0.5) is 0 Å². The number of fused-ring (bicyclic) bond motifs is 1. The Kier molecular flexibility index (Phi) is 2.32. The maximum atomic E-state index is 5.34. The molecule has 0 unspecified atom stereocenters. The quantitative estimate of drug-likeness (QED) is 0.229. The van der Waals surface area contributed by atoms with Crippen LogP contribution in [0.2, 0.25) is 0 Å². The molecule has 1 aromatic rings. The summed E-state index contributed by atoms with van der Waals surface area (Å²) < 4.78 is 2.03. The fraction of sp³-hybridized carbons (Fsp3) is 0.571. The number of rotatable bonds is 0. The lowest BCUT2D eigenvalue weighted by atomic mass is 10.4. The first-order chi connectivity index (χ1) is 6.85. The topological polar surface area (TPSA) is 84.4 Å². The lowest BCUT2D eigenvalue weighted by molar-refractivity contribution is 0.320. The minimum Gasteiger partial charge on any atom is -0.333 e. The summed E-state index contributed by atoms with van der Waals surface area (Å²) in [4.78, 5) is 6.07. The summed E-state index contributed by atoms with van der Waals surface area (Å²) in [5, 5.41) is 7.85. The summed E-state index contributed by atoms with van der Waals surface area (Å²) in [5.41, 5.74) is 2.56. The zero-order chi connectivity index (χ0) is 9.97. The molecule has 14 heavy (non-hydrogen) atoms. The number of hydrogen-bond donors (Lipinski definition) is 2. The highest BCUT2D eigenvalue weighted by atomic mass is 15.4. The van der Waals surface area contributed by atoms with E-state index in [0.29, 0.717) is 12.5 Å². The standard InChI is InChI=1S/C7H13N7/c1-9-7(11-8)13-2-3-14-5-10-12-6(14)4-13/h5H,2-4,8H2,1H3,(H,9,11). The summed E-state index contributed by atoms with van der Waals surface area (Å²) >= 11 is 0. The van der Waals surface area contributed by atoms with Gasteiger partial charge in [-0.1, -0.05) is 0 Å². The third kappa shape index (κ3) is 1.41. The summed E-state index contributed by atoms with van der Waals surface area (Å²) in [6.07, 6.45) is 1.74. The van der Waals surface area contributed by atoms with Crippen LogP contribution in [-0.4, -0.2) is 39.2 Å². The van der Waals surface area contributed by atoms with Crippen LogP contribution in [0.25, 0.3) is 0 Å². The number of aliphatic imine (C=N–C) groups is 1. The molecule has 0 spiro atoms. The molecule has 1 aromatic heterocycles. The van der Waals surface area contributed by atoms with Gasteiger partial charge >= 0.3 is 0 Å². The molecule has 1 aliphatic heterocycles. The Hall–Kier alpha value is -1.63. The lowest BCUT2D eigenvalue weighted by Crippen LogP contribution is -2.47. The maximum absolute atomic E-state index is 5.34. The summed E-state index contributed by atoms with van der Waals surface area (Å²) in [6, 6.07) is 0. The van der Waals surface area contributed by atoms with Crippen molar-refractivity contribution in [2.75, 3.05) is 13.6 Å². The van der Waals surface area contributed by atoms with Gasteiger partial charge in [-0.25, -0.2) is 5.84 Å². The van der Waals surface area contributed by atoms with Crippen molar-refractivity contribution >= 4 is 5.96 Å².